The van der Waals surface area contributed by atoms with Crippen LogP contribution >= 0.6 is 0 Å². The van der Waals surface area contributed by atoms with Gasteiger partial charge in [0.2, 0.25) is 0 Å². The van der Waals surface area contributed by atoms with Gasteiger partial charge in [-0.2, -0.15) is 10.2 Å². The predicted octanol–water partition coefficient (Wildman–Crippen LogP) is 6.76. The summed E-state index contributed by atoms with van der Waals surface area (Å²) in [6.07, 6.45) is 6.26. The largest absolute Gasteiger partial charge is 0.155 e. The zero-order valence-electron chi connectivity index (χ0n) is 13.8. The van der Waals surface area contributed by atoms with Crippen LogP contribution in [-0.2, 0) is 0 Å². The highest BCUT2D eigenvalue weighted by Gasteiger charge is 2.01. The topological polar surface area (TPSA) is 24.7 Å². The second-order valence-electron chi connectivity index (χ2n) is 4.21. The number of benzene rings is 1. The van der Waals surface area contributed by atoms with Crippen LogP contribution in [0.4, 0.5) is 5.69 Å². The third-order valence-electron chi connectivity index (χ3n) is 2.66. The van der Waals surface area contributed by atoms with Crippen LogP contribution in [-0.4, -0.2) is 0 Å². The molecule has 0 spiro atoms. The quantitative estimate of drug-likeness (QED) is 0.532. The predicted molar refractivity (Wildman–Crippen MR) is 89.5 cm³/mol. The van der Waals surface area contributed by atoms with Gasteiger partial charge in [0.15, 0.2) is 0 Å². The van der Waals surface area contributed by atoms with Crippen LogP contribution in [0.5, 0.6) is 0 Å². The summed E-state index contributed by atoms with van der Waals surface area (Å²) in [5.74, 6) is 0. The lowest BCUT2D eigenvalue weighted by Gasteiger charge is -2.06. The van der Waals surface area contributed by atoms with Crippen molar-refractivity contribution in [3.8, 4) is 0 Å². The lowest BCUT2D eigenvalue weighted by atomic mass is 10.1. The number of aryl methyl sites for hydroxylation is 1. The monoisotopic (exact) mass is 272 g/mol. The van der Waals surface area contributed by atoms with Crippen molar-refractivity contribution in [1.29, 1.82) is 0 Å². The SMILES string of the molecule is CC.CC.CC1=CC=C(N=Nc2ccc(C)cc2)CC1. The minimum atomic E-state index is 0.915. The maximum Gasteiger partial charge on any atom is 0.0857 e. The summed E-state index contributed by atoms with van der Waals surface area (Å²) < 4.78 is 0. The van der Waals surface area contributed by atoms with Gasteiger partial charge in [0, 0.05) is 0 Å². The summed E-state index contributed by atoms with van der Waals surface area (Å²) in [5, 5.41) is 8.48. The van der Waals surface area contributed by atoms with Crippen molar-refractivity contribution in [1.82, 2.24) is 0 Å². The third kappa shape index (κ3) is 7.03. The highest BCUT2D eigenvalue weighted by atomic mass is 15.1. The summed E-state index contributed by atoms with van der Waals surface area (Å²) in [4.78, 5) is 0. The Labute approximate surface area is 124 Å². The molecule has 0 N–H and O–H groups in total. The Hall–Kier alpha value is -1.70. The molecule has 0 unspecified atom stereocenters. The summed E-state index contributed by atoms with van der Waals surface area (Å²) >= 11 is 0. The molecule has 0 radical (unpaired) electrons. The maximum absolute atomic E-state index is 4.26. The molecule has 0 amide bonds. The summed E-state index contributed by atoms with van der Waals surface area (Å²) in [6.45, 7) is 12.2. The van der Waals surface area contributed by atoms with Gasteiger partial charge in [-0.25, -0.2) is 0 Å². The molecule has 0 fully saturated rings. The van der Waals surface area contributed by atoms with Crippen LogP contribution in [0.15, 0.2) is 57.9 Å². The fourth-order valence-electron chi connectivity index (χ4n) is 1.55. The Kier molecular flexibility index (Phi) is 10.2. The molecule has 2 rings (SSSR count). The highest BCUT2D eigenvalue weighted by molar-refractivity contribution is 5.38. The van der Waals surface area contributed by atoms with Gasteiger partial charge < -0.3 is 0 Å². The lowest BCUT2D eigenvalue weighted by molar-refractivity contribution is 0.870. The number of hydrogen-bond donors (Lipinski definition) is 0. The molecular formula is C18H28N2. The second kappa shape index (κ2) is 11.2. The first kappa shape index (κ1) is 18.3. The van der Waals surface area contributed by atoms with Crippen LogP contribution in [0, 0.1) is 6.92 Å². The Morgan fingerprint density at radius 1 is 0.750 bits per heavy atom. The van der Waals surface area contributed by atoms with E-state index in [1.807, 2.05) is 52.0 Å². The number of rotatable bonds is 2. The number of azo groups is 1. The zero-order valence-corrected chi connectivity index (χ0v) is 13.8. The Morgan fingerprint density at radius 2 is 1.35 bits per heavy atom. The Morgan fingerprint density at radius 3 is 1.85 bits per heavy atom. The van der Waals surface area contributed by atoms with Gasteiger partial charge in [0.1, 0.15) is 0 Å². The first-order valence-corrected chi connectivity index (χ1v) is 7.59. The molecule has 0 aromatic heterocycles. The number of allylic oxidation sites excluding steroid dienone is 4. The van der Waals surface area contributed by atoms with Crippen LogP contribution in [0.1, 0.15) is 53.0 Å². The summed E-state index contributed by atoms with van der Waals surface area (Å²) in [6, 6.07) is 8.08. The van der Waals surface area contributed by atoms with Gasteiger partial charge in [-0.05, 0) is 44.9 Å². The molecule has 2 nitrogen and oxygen atoms in total. The van der Waals surface area contributed by atoms with E-state index in [1.165, 1.54) is 11.1 Å². The fourth-order valence-corrected chi connectivity index (χ4v) is 1.55. The van der Waals surface area contributed by atoms with E-state index in [0.717, 1.165) is 24.2 Å². The molecule has 1 aliphatic rings. The van der Waals surface area contributed by atoms with E-state index in [0.29, 0.717) is 0 Å². The van der Waals surface area contributed by atoms with Gasteiger partial charge >= 0.3 is 0 Å². The molecule has 110 valence electrons. The van der Waals surface area contributed by atoms with Crippen molar-refractivity contribution < 1.29 is 0 Å². The number of nitrogens with zero attached hydrogens (tertiary/aromatic N) is 2. The minimum Gasteiger partial charge on any atom is -0.155 e. The molecule has 0 heterocycles. The highest BCUT2D eigenvalue weighted by Crippen LogP contribution is 2.21. The molecule has 2 heteroatoms. The van der Waals surface area contributed by atoms with E-state index in [4.69, 9.17) is 0 Å². The van der Waals surface area contributed by atoms with Gasteiger partial charge in [-0.15, -0.1) is 0 Å². The van der Waals surface area contributed by atoms with E-state index < -0.39 is 0 Å². The molecule has 0 bridgehead atoms. The average molecular weight is 272 g/mol. The Balaban J connectivity index is 0.000000829. The molecule has 0 aliphatic heterocycles. The second-order valence-corrected chi connectivity index (χ2v) is 4.21. The maximum atomic E-state index is 4.26. The van der Waals surface area contributed by atoms with Crippen LogP contribution < -0.4 is 0 Å². The fraction of sp³-hybridized carbons (Fsp3) is 0.444. The summed E-state index contributed by atoms with van der Waals surface area (Å²) in [5.41, 5.74) is 4.63. The van der Waals surface area contributed by atoms with E-state index in [2.05, 4.69) is 36.2 Å². The first-order chi connectivity index (χ1) is 9.74. The van der Waals surface area contributed by atoms with Crippen molar-refractivity contribution in [2.75, 3.05) is 0 Å². The minimum absolute atomic E-state index is 0.915. The van der Waals surface area contributed by atoms with Crippen molar-refractivity contribution in [3.63, 3.8) is 0 Å². The normalized spacial score (nSPS) is 13.5. The molecule has 1 aromatic carbocycles. The average Bonchev–Trinajstić information content (AvgIpc) is 2.52. The molecule has 0 atom stereocenters. The molecular weight excluding hydrogens is 244 g/mol. The summed E-state index contributed by atoms with van der Waals surface area (Å²) in [7, 11) is 0. The van der Waals surface area contributed by atoms with E-state index in [-0.39, 0.29) is 0 Å². The zero-order chi connectivity index (χ0) is 15.4. The van der Waals surface area contributed by atoms with E-state index in [9.17, 15) is 0 Å². The van der Waals surface area contributed by atoms with Gasteiger partial charge in [-0.1, -0.05) is 57.0 Å². The third-order valence-corrected chi connectivity index (χ3v) is 2.66. The standard InChI is InChI=1S/C14H16N2.2C2H6/c1-11-3-7-13(8-4-11)15-16-14-9-5-12(2)6-10-14;2*1-2/h3-5,7-9H,6,10H2,1-2H3;2*1-2H3. The lowest BCUT2D eigenvalue weighted by Crippen LogP contribution is -1.87. The molecule has 0 saturated heterocycles. The van der Waals surface area contributed by atoms with Crippen molar-refractivity contribution in [3.05, 3.63) is 53.3 Å². The van der Waals surface area contributed by atoms with Gasteiger partial charge in [0.05, 0.1) is 11.4 Å². The Bertz CT molecular complexity index is 451. The smallest absolute Gasteiger partial charge is 0.0857 e. The molecule has 1 aromatic rings. The number of hydrogen-bond acceptors (Lipinski definition) is 2. The molecule has 0 saturated carbocycles. The van der Waals surface area contributed by atoms with Crippen molar-refractivity contribution >= 4 is 5.69 Å². The van der Waals surface area contributed by atoms with Crippen molar-refractivity contribution in [2.45, 2.75) is 54.4 Å². The van der Waals surface area contributed by atoms with Crippen LogP contribution in [0.3, 0.4) is 0 Å². The van der Waals surface area contributed by atoms with E-state index >= 15 is 0 Å². The van der Waals surface area contributed by atoms with Crippen LogP contribution in [0.2, 0.25) is 0 Å². The van der Waals surface area contributed by atoms with Gasteiger partial charge in [0.25, 0.3) is 0 Å². The molecule has 20 heavy (non-hydrogen) atoms. The van der Waals surface area contributed by atoms with Crippen LogP contribution in [0.25, 0.3) is 0 Å². The first-order valence-electron chi connectivity index (χ1n) is 7.59. The van der Waals surface area contributed by atoms with E-state index in [1.54, 1.807) is 0 Å². The van der Waals surface area contributed by atoms with Gasteiger partial charge in [-0.3, -0.25) is 0 Å². The molecule has 1 aliphatic carbocycles. The van der Waals surface area contributed by atoms with Crippen molar-refractivity contribution in [2.24, 2.45) is 10.2 Å².